The van der Waals surface area contributed by atoms with Gasteiger partial charge in [-0.25, -0.2) is 8.78 Å². The molecule has 2 nitrogen and oxygen atoms in total. The predicted octanol–water partition coefficient (Wildman–Crippen LogP) is 2.78. The predicted molar refractivity (Wildman–Crippen MR) is 66.8 cm³/mol. The van der Waals surface area contributed by atoms with Gasteiger partial charge in [0, 0.05) is 25.1 Å². The molecule has 0 aliphatic carbocycles. The minimum absolute atomic E-state index is 0.147. The third-order valence-corrected chi connectivity index (χ3v) is 3.14. The number of hydrogen-bond acceptors (Lipinski definition) is 3. The summed E-state index contributed by atoms with van der Waals surface area (Å²) in [6.07, 6.45) is -2.25. The molecule has 0 aliphatic rings. The van der Waals surface area contributed by atoms with Gasteiger partial charge in [0.15, 0.2) is 0 Å². The highest BCUT2D eigenvalue weighted by atomic mass is 32.2. The van der Waals surface area contributed by atoms with Gasteiger partial charge in [0.05, 0.1) is 12.4 Å². The molecule has 0 saturated heterocycles. The molecular formula is C12H17F2NOS. The summed E-state index contributed by atoms with van der Waals surface area (Å²) in [5.74, 6) is -0.147. The minimum atomic E-state index is -2.25. The molecule has 0 aromatic heterocycles. The highest BCUT2D eigenvalue weighted by molar-refractivity contribution is 7.99. The Balaban J connectivity index is 2.29. The van der Waals surface area contributed by atoms with Gasteiger partial charge in [-0.1, -0.05) is 12.1 Å². The molecule has 0 radical (unpaired) electrons. The van der Waals surface area contributed by atoms with Crippen LogP contribution in [0.1, 0.15) is 5.56 Å². The van der Waals surface area contributed by atoms with Gasteiger partial charge < -0.3 is 10.1 Å². The van der Waals surface area contributed by atoms with Gasteiger partial charge in [-0.2, -0.15) is 0 Å². The fraction of sp³-hybridized carbons (Fsp3) is 0.500. The number of nitrogens with one attached hydrogen (secondary N) is 1. The second-order valence-electron chi connectivity index (χ2n) is 3.52. The van der Waals surface area contributed by atoms with E-state index in [4.69, 9.17) is 4.74 Å². The van der Waals surface area contributed by atoms with Crippen molar-refractivity contribution in [3.05, 3.63) is 29.8 Å². The molecule has 0 atom stereocenters. The molecule has 0 fully saturated rings. The van der Waals surface area contributed by atoms with E-state index in [1.54, 1.807) is 7.11 Å². The summed E-state index contributed by atoms with van der Waals surface area (Å²) in [6, 6.07) is 7.65. The van der Waals surface area contributed by atoms with Crippen molar-refractivity contribution in [2.24, 2.45) is 0 Å². The summed E-state index contributed by atoms with van der Waals surface area (Å²) in [5.41, 5.74) is 1.14. The van der Waals surface area contributed by atoms with E-state index < -0.39 is 6.43 Å². The van der Waals surface area contributed by atoms with Crippen LogP contribution in [0.15, 0.2) is 29.2 Å². The Kier molecular flexibility index (Phi) is 7.16. The summed E-state index contributed by atoms with van der Waals surface area (Å²) in [4.78, 5) is 0.881. The summed E-state index contributed by atoms with van der Waals surface area (Å²) in [5, 5.41) is 3.22. The number of benzene rings is 1. The van der Waals surface area contributed by atoms with Gasteiger partial charge in [0.2, 0.25) is 6.43 Å². The van der Waals surface area contributed by atoms with E-state index in [1.807, 2.05) is 24.3 Å². The molecule has 17 heavy (non-hydrogen) atoms. The maximum absolute atomic E-state index is 12.0. The van der Waals surface area contributed by atoms with E-state index in [2.05, 4.69) is 5.32 Å². The lowest BCUT2D eigenvalue weighted by atomic mass is 10.2. The van der Waals surface area contributed by atoms with Crippen molar-refractivity contribution >= 4 is 11.8 Å². The molecule has 0 heterocycles. The van der Waals surface area contributed by atoms with Crippen LogP contribution in [-0.4, -0.2) is 32.4 Å². The van der Waals surface area contributed by atoms with E-state index in [-0.39, 0.29) is 5.75 Å². The second kappa shape index (κ2) is 8.44. The van der Waals surface area contributed by atoms with Crippen LogP contribution in [0.5, 0.6) is 0 Å². The van der Waals surface area contributed by atoms with Crippen LogP contribution in [0.25, 0.3) is 0 Å². The summed E-state index contributed by atoms with van der Waals surface area (Å²) in [7, 11) is 1.66. The Bertz CT molecular complexity index is 306. The van der Waals surface area contributed by atoms with Crippen LogP contribution in [0.4, 0.5) is 8.78 Å². The molecule has 0 spiro atoms. The quantitative estimate of drug-likeness (QED) is 0.574. The Morgan fingerprint density at radius 1 is 1.29 bits per heavy atom. The average molecular weight is 261 g/mol. The van der Waals surface area contributed by atoms with Crippen molar-refractivity contribution < 1.29 is 13.5 Å². The lowest BCUT2D eigenvalue weighted by Crippen LogP contribution is -2.18. The number of thioether (sulfide) groups is 1. The largest absolute Gasteiger partial charge is 0.383 e. The van der Waals surface area contributed by atoms with Crippen molar-refractivity contribution in [1.82, 2.24) is 5.32 Å². The lowest BCUT2D eigenvalue weighted by molar-refractivity contribution is 0.177. The molecule has 0 saturated carbocycles. The molecule has 1 aromatic rings. The fourth-order valence-electron chi connectivity index (χ4n) is 1.27. The first-order chi connectivity index (χ1) is 8.22. The van der Waals surface area contributed by atoms with Gasteiger partial charge in [0.1, 0.15) is 0 Å². The standard InChI is InChI=1S/C12H17F2NOS/c1-16-7-6-15-8-10-2-4-11(5-3-10)17-9-12(13)14/h2-5,12,15H,6-9H2,1H3. The SMILES string of the molecule is COCCNCc1ccc(SCC(F)F)cc1. The van der Waals surface area contributed by atoms with Gasteiger partial charge in [-0.05, 0) is 17.7 Å². The molecule has 0 amide bonds. The molecule has 0 unspecified atom stereocenters. The highest BCUT2D eigenvalue weighted by Crippen LogP contribution is 2.20. The lowest BCUT2D eigenvalue weighted by Gasteiger charge is -2.05. The van der Waals surface area contributed by atoms with Crippen LogP contribution < -0.4 is 5.32 Å². The number of halogens is 2. The Morgan fingerprint density at radius 3 is 2.59 bits per heavy atom. The second-order valence-corrected chi connectivity index (χ2v) is 4.61. The van der Waals surface area contributed by atoms with Crippen molar-refractivity contribution in [1.29, 1.82) is 0 Å². The van der Waals surface area contributed by atoms with E-state index in [0.717, 1.165) is 23.5 Å². The van der Waals surface area contributed by atoms with Crippen LogP contribution in [0, 0.1) is 0 Å². The molecule has 0 aliphatic heterocycles. The van der Waals surface area contributed by atoms with Crippen LogP contribution in [0.3, 0.4) is 0 Å². The first-order valence-corrected chi connectivity index (χ1v) is 6.40. The average Bonchev–Trinajstić information content (AvgIpc) is 2.33. The third kappa shape index (κ3) is 6.61. The fourth-order valence-corrected chi connectivity index (χ4v) is 1.92. The van der Waals surface area contributed by atoms with Crippen molar-refractivity contribution in [3.63, 3.8) is 0 Å². The first kappa shape index (κ1) is 14.4. The number of methoxy groups -OCH3 is 1. The Labute approximate surface area is 105 Å². The highest BCUT2D eigenvalue weighted by Gasteiger charge is 2.03. The topological polar surface area (TPSA) is 21.3 Å². The molecule has 1 aromatic carbocycles. The zero-order chi connectivity index (χ0) is 12.5. The molecule has 5 heteroatoms. The van der Waals surface area contributed by atoms with Gasteiger partial charge in [-0.15, -0.1) is 11.8 Å². The minimum Gasteiger partial charge on any atom is -0.383 e. The van der Waals surface area contributed by atoms with E-state index >= 15 is 0 Å². The monoisotopic (exact) mass is 261 g/mol. The Morgan fingerprint density at radius 2 is 2.00 bits per heavy atom. The molecule has 1 rings (SSSR count). The van der Waals surface area contributed by atoms with Gasteiger partial charge in [0.25, 0.3) is 0 Å². The smallest absolute Gasteiger partial charge is 0.247 e. The van der Waals surface area contributed by atoms with Crippen LogP contribution in [0.2, 0.25) is 0 Å². The molecular weight excluding hydrogens is 244 g/mol. The number of alkyl halides is 2. The van der Waals surface area contributed by atoms with Gasteiger partial charge >= 0.3 is 0 Å². The summed E-state index contributed by atoms with van der Waals surface area (Å²) < 4.78 is 28.9. The van der Waals surface area contributed by atoms with Crippen molar-refractivity contribution in [2.75, 3.05) is 26.0 Å². The first-order valence-electron chi connectivity index (χ1n) is 5.42. The van der Waals surface area contributed by atoms with E-state index in [1.165, 1.54) is 11.8 Å². The van der Waals surface area contributed by atoms with Crippen molar-refractivity contribution in [2.45, 2.75) is 17.9 Å². The van der Waals surface area contributed by atoms with Crippen LogP contribution >= 0.6 is 11.8 Å². The maximum atomic E-state index is 12.0. The molecule has 0 bridgehead atoms. The maximum Gasteiger partial charge on any atom is 0.247 e. The summed E-state index contributed by atoms with van der Waals surface area (Å²) >= 11 is 1.18. The van der Waals surface area contributed by atoms with E-state index in [9.17, 15) is 8.78 Å². The number of ether oxygens (including phenoxy) is 1. The molecule has 96 valence electrons. The zero-order valence-electron chi connectivity index (χ0n) is 9.79. The number of rotatable bonds is 8. The van der Waals surface area contributed by atoms with Crippen LogP contribution in [-0.2, 0) is 11.3 Å². The van der Waals surface area contributed by atoms with Crippen molar-refractivity contribution in [3.8, 4) is 0 Å². The summed E-state index contributed by atoms with van der Waals surface area (Å²) in [6.45, 7) is 2.25. The zero-order valence-corrected chi connectivity index (χ0v) is 10.6. The van der Waals surface area contributed by atoms with E-state index in [0.29, 0.717) is 6.61 Å². The van der Waals surface area contributed by atoms with Gasteiger partial charge in [-0.3, -0.25) is 0 Å². The number of hydrogen-bond donors (Lipinski definition) is 1. The normalized spacial score (nSPS) is 11.1. The molecule has 1 N–H and O–H groups in total. The third-order valence-electron chi connectivity index (χ3n) is 2.11. The Hall–Kier alpha value is -0.650.